The Morgan fingerprint density at radius 2 is 1.79 bits per heavy atom. The van der Waals surface area contributed by atoms with Crippen LogP contribution in [0.15, 0.2) is 82.2 Å². The number of benzene rings is 2. The van der Waals surface area contributed by atoms with Crippen molar-refractivity contribution >= 4 is 23.4 Å². The highest BCUT2D eigenvalue weighted by Crippen LogP contribution is 2.26. The first-order valence-electron chi connectivity index (χ1n) is 10.00. The lowest BCUT2D eigenvalue weighted by atomic mass is 10.0. The van der Waals surface area contributed by atoms with Crippen molar-refractivity contribution in [2.75, 3.05) is 5.32 Å². The number of hydrogen-bond donors (Lipinski definition) is 2. The summed E-state index contributed by atoms with van der Waals surface area (Å²) in [7, 11) is 0. The van der Waals surface area contributed by atoms with Gasteiger partial charge in [0.1, 0.15) is 5.76 Å². The Kier molecular flexibility index (Phi) is 4.91. The first-order chi connectivity index (χ1) is 16.0. The lowest BCUT2D eigenvalue weighted by Gasteiger charge is -2.11. The maximum absolute atomic E-state index is 12.8. The maximum atomic E-state index is 12.8. The molecule has 0 saturated carbocycles. The Bertz CT molecular complexity index is 1440. The van der Waals surface area contributed by atoms with Gasteiger partial charge in [0.05, 0.1) is 29.6 Å². The number of nitrogens with one attached hydrogen (secondary N) is 2. The summed E-state index contributed by atoms with van der Waals surface area (Å²) in [6.07, 6.45) is 1.47. The van der Waals surface area contributed by atoms with Crippen molar-refractivity contribution in [3.63, 3.8) is 0 Å². The fourth-order valence-electron chi connectivity index (χ4n) is 3.60. The van der Waals surface area contributed by atoms with Crippen LogP contribution >= 0.6 is 0 Å². The third kappa shape index (κ3) is 3.83. The van der Waals surface area contributed by atoms with Gasteiger partial charge in [0, 0.05) is 22.9 Å². The third-order valence-corrected chi connectivity index (χ3v) is 5.22. The van der Waals surface area contributed by atoms with Gasteiger partial charge < -0.3 is 9.73 Å². The van der Waals surface area contributed by atoms with Crippen molar-refractivity contribution in [3.05, 3.63) is 106 Å². The van der Waals surface area contributed by atoms with Gasteiger partial charge in [-0.25, -0.2) is 5.10 Å². The minimum Gasteiger partial charge on any atom is -0.467 e. The Morgan fingerprint density at radius 1 is 0.939 bits per heavy atom. The summed E-state index contributed by atoms with van der Waals surface area (Å²) in [6.45, 7) is 0.0203. The summed E-state index contributed by atoms with van der Waals surface area (Å²) < 4.78 is 5.23. The minimum atomic E-state index is -0.479. The van der Waals surface area contributed by atoms with E-state index in [4.69, 9.17) is 4.42 Å². The molecule has 2 N–H and O–H groups in total. The van der Waals surface area contributed by atoms with Crippen LogP contribution in [0.2, 0.25) is 0 Å². The van der Waals surface area contributed by atoms with Crippen LogP contribution in [0.25, 0.3) is 11.3 Å². The number of rotatable bonds is 5. The molecule has 0 saturated heterocycles. The largest absolute Gasteiger partial charge is 0.467 e. The number of carbonyl (C=O) groups excluding carboxylic acids is 3. The van der Waals surface area contributed by atoms with Crippen LogP contribution in [-0.2, 0) is 6.54 Å². The van der Waals surface area contributed by atoms with Gasteiger partial charge in [0.15, 0.2) is 0 Å². The molecular weight excluding hydrogens is 424 g/mol. The molecule has 0 unspecified atom stereocenters. The molecule has 0 spiro atoms. The molecule has 162 valence electrons. The number of furan rings is 1. The van der Waals surface area contributed by atoms with Crippen molar-refractivity contribution < 1.29 is 18.8 Å². The zero-order chi connectivity index (χ0) is 22.9. The van der Waals surface area contributed by atoms with E-state index in [2.05, 4.69) is 15.5 Å². The monoisotopic (exact) mass is 440 g/mol. The van der Waals surface area contributed by atoms with Crippen LogP contribution in [0.3, 0.4) is 0 Å². The normalized spacial score (nSPS) is 12.7. The Hall–Kier alpha value is -4.79. The number of H-pyrrole nitrogens is 1. The van der Waals surface area contributed by atoms with Gasteiger partial charge >= 0.3 is 0 Å². The van der Waals surface area contributed by atoms with Gasteiger partial charge in [-0.05, 0) is 48.5 Å². The molecule has 3 heterocycles. The molecule has 4 aromatic rings. The summed E-state index contributed by atoms with van der Waals surface area (Å²) in [5.74, 6) is -0.861. The third-order valence-electron chi connectivity index (χ3n) is 5.22. The fraction of sp³-hybridized carbons (Fsp3) is 0.0417. The van der Waals surface area contributed by atoms with Crippen molar-refractivity contribution in [2.24, 2.45) is 0 Å². The Balaban J connectivity index is 1.36. The number of nitrogens with zero attached hydrogens (tertiary/aromatic N) is 2. The Labute approximate surface area is 186 Å². The molecule has 0 bridgehead atoms. The smallest absolute Gasteiger partial charge is 0.264 e. The summed E-state index contributed by atoms with van der Waals surface area (Å²) in [4.78, 5) is 50.6. The van der Waals surface area contributed by atoms with Gasteiger partial charge in [-0.1, -0.05) is 12.1 Å². The van der Waals surface area contributed by atoms with Gasteiger partial charge in [-0.15, -0.1) is 0 Å². The second-order valence-corrected chi connectivity index (χ2v) is 7.38. The van der Waals surface area contributed by atoms with Crippen molar-refractivity contribution in [1.82, 2.24) is 15.1 Å². The summed E-state index contributed by atoms with van der Waals surface area (Å²) in [6, 6.07) is 17.7. The minimum absolute atomic E-state index is 0.0203. The molecule has 33 heavy (non-hydrogen) atoms. The van der Waals surface area contributed by atoms with E-state index in [1.165, 1.54) is 30.5 Å². The van der Waals surface area contributed by atoms with E-state index in [-0.39, 0.29) is 28.8 Å². The zero-order valence-electron chi connectivity index (χ0n) is 17.1. The number of amides is 3. The van der Waals surface area contributed by atoms with Crippen LogP contribution < -0.4 is 10.9 Å². The molecule has 9 heteroatoms. The molecule has 5 rings (SSSR count). The fourth-order valence-corrected chi connectivity index (χ4v) is 3.60. The van der Waals surface area contributed by atoms with Crippen LogP contribution in [0.5, 0.6) is 0 Å². The number of hydrogen-bond acceptors (Lipinski definition) is 6. The average Bonchev–Trinajstić information content (AvgIpc) is 3.42. The van der Waals surface area contributed by atoms with E-state index < -0.39 is 17.7 Å². The quantitative estimate of drug-likeness (QED) is 0.460. The second-order valence-electron chi connectivity index (χ2n) is 7.38. The SMILES string of the molecule is O=C(Nc1cccc(-c2ccc(=O)[nH]n2)c1)c1ccc2c(c1)C(=O)N(Cc1ccco1)C2=O. The molecule has 0 atom stereocenters. The number of fused-ring (bicyclic) bond motifs is 1. The van der Waals surface area contributed by atoms with Gasteiger partial charge in [0.25, 0.3) is 23.3 Å². The number of anilines is 1. The van der Waals surface area contributed by atoms with Crippen LogP contribution in [0, 0.1) is 0 Å². The van der Waals surface area contributed by atoms with E-state index >= 15 is 0 Å². The lowest BCUT2D eigenvalue weighted by Crippen LogP contribution is -2.28. The molecule has 0 radical (unpaired) electrons. The van der Waals surface area contributed by atoms with E-state index in [1.54, 1.807) is 42.5 Å². The molecule has 2 aromatic carbocycles. The first-order valence-corrected chi connectivity index (χ1v) is 10.00. The van der Waals surface area contributed by atoms with Gasteiger partial charge in [-0.2, -0.15) is 5.10 Å². The van der Waals surface area contributed by atoms with E-state index in [0.29, 0.717) is 22.7 Å². The maximum Gasteiger partial charge on any atom is 0.264 e. The second kappa shape index (κ2) is 8.04. The average molecular weight is 440 g/mol. The highest BCUT2D eigenvalue weighted by atomic mass is 16.3. The van der Waals surface area contributed by atoms with E-state index in [9.17, 15) is 19.2 Å². The topological polar surface area (TPSA) is 125 Å². The highest BCUT2D eigenvalue weighted by Gasteiger charge is 2.36. The number of carbonyl (C=O) groups is 3. The van der Waals surface area contributed by atoms with Crippen molar-refractivity contribution in [1.29, 1.82) is 0 Å². The predicted molar refractivity (Wildman–Crippen MR) is 118 cm³/mol. The summed E-state index contributed by atoms with van der Waals surface area (Å²) in [5.41, 5.74) is 2.10. The van der Waals surface area contributed by atoms with Crippen molar-refractivity contribution in [3.8, 4) is 11.3 Å². The standard InChI is InChI=1S/C24H16N4O5/c29-21-9-8-20(26-27-21)14-3-1-4-16(11-14)25-22(30)15-6-7-18-19(12-15)24(32)28(23(18)31)13-17-5-2-10-33-17/h1-12H,13H2,(H,25,30)(H,27,29). The molecule has 1 aliphatic rings. The zero-order valence-corrected chi connectivity index (χ0v) is 17.1. The molecule has 2 aromatic heterocycles. The van der Waals surface area contributed by atoms with Crippen LogP contribution in [0.1, 0.15) is 36.8 Å². The van der Waals surface area contributed by atoms with E-state index in [1.807, 2.05) is 0 Å². The van der Waals surface area contributed by atoms with E-state index in [0.717, 1.165) is 4.90 Å². The molecule has 9 nitrogen and oxygen atoms in total. The Morgan fingerprint density at radius 3 is 2.55 bits per heavy atom. The number of imide groups is 1. The van der Waals surface area contributed by atoms with Crippen LogP contribution in [0.4, 0.5) is 5.69 Å². The number of aromatic nitrogens is 2. The first kappa shape index (κ1) is 20.1. The number of aromatic amines is 1. The molecule has 0 aliphatic carbocycles. The summed E-state index contributed by atoms with van der Waals surface area (Å²) in [5, 5.41) is 9.14. The lowest BCUT2D eigenvalue weighted by molar-refractivity contribution is 0.0631. The van der Waals surface area contributed by atoms with Crippen LogP contribution in [-0.4, -0.2) is 32.8 Å². The summed E-state index contributed by atoms with van der Waals surface area (Å²) >= 11 is 0. The molecule has 3 amide bonds. The molecule has 0 fully saturated rings. The molecular formula is C24H16N4O5. The highest BCUT2D eigenvalue weighted by molar-refractivity contribution is 6.22. The van der Waals surface area contributed by atoms with Crippen molar-refractivity contribution in [2.45, 2.75) is 6.54 Å². The van der Waals surface area contributed by atoms with Gasteiger partial charge in [0.2, 0.25) is 0 Å². The predicted octanol–water partition coefficient (Wildman–Crippen LogP) is 3.08. The molecule has 1 aliphatic heterocycles. The van der Waals surface area contributed by atoms with Gasteiger partial charge in [-0.3, -0.25) is 24.1 Å².